The predicted molar refractivity (Wildman–Crippen MR) is 108 cm³/mol. The van der Waals surface area contributed by atoms with E-state index in [1.165, 1.54) is 12.8 Å². The third-order valence-corrected chi connectivity index (χ3v) is 6.03. The van der Waals surface area contributed by atoms with Gasteiger partial charge in [-0.25, -0.2) is 4.79 Å². The number of benzene rings is 1. The van der Waals surface area contributed by atoms with Gasteiger partial charge in [0, 0.05) is 26.2 Å². The van der Waals surface area contributed by atoms with E-state index in [0.717, 1.165) is 30.9 Å². The van der Waals surface area contributed by atoms with E-state index in [1.54, 1.807) is 32.2 Å². The van der Waals surface area contributed by atoms with Crippen LogP contribution in [0, 0.1) is 0 Å². The van der Waals surface area contributed by atoms with E-state index in [0.29, 0.717) is 30.2 Å². The van der Waals surface area contributed by atoms with Gasteiger partial charge >= 0.3 is 6.03 Å². The van der Waals surface area contributed by atoms with Gasteiger partial charge in [0.25, 0.3) is 5.91 Å². The molecule has 3 heterocycles. The summed E-state index contributed by atoms with van der Waals surface area (Å²) in [6.45, 7) is 4.20. The highest BCUT2D eigenvalue weighted by atomic mass is 16.5. The molecular weight excluding hydrogens is 372 g/mol. The molecular formula is C21H28N4O4. The number of ether oxygens (including phenoxy) is 2. The first-order valence-corrected chi connectivity index (χ1v) is 10.0. The lowest BCUT2D eigenvalue weighted by molar-refractivity contribution is -0.126. The molecule has 3 aliphatic heterocycles. The van der Waals surface area contributed by atoms with Crippen molar-refractivity contribution in [3.8, 4) is 11.5 Å². The van der Waals surface area contributed by atoms with Crippen molar-refractivity contribution in [2.75, 3.05) is 54.0 Å². The number of rotatable bonds is 6. The number of urea groups is 1. The highest BCUT2D eigenvalue weighted by Crippen LogP contribution is 2.38. The first-order chi connectivity index (χ1) is 14.0. The van der Waals surface area contributed by atoms with Crippen molar-refractivity contribution in [1.82, 2.24) is 20.0 Å². The van der Waals surface area contributed by atoms with Crippen molar-refractivity contribution in [2.24, 2.45) is 0 Å². The SMILES string of the molecule is COc1cc(OC)cc(C2NC(=O)N(C)C3=C2C(=O)N(CCN2CCCC2)C3)c1. The molecule has 156 valence electrons. The molecule has 8 nitrogen and oxygen atoms in total. The van der Waals surface area contributed by atoms with Crippen LogP contribution in [0.4, 0.5) is 4.79 Å². The maximum Gasteiger partial charge on any atom is 0.322 e. The van der Waals surface area contributed by atoms with Gasteiger partial charge in [0.2, 0.25) is 0 Å². The molecule has 0 aliphatic carbocycles. The number of likely N-dealkylation sites (N-methyl/N-ethyl adjacent to an activating group) is 1. The van der Waals surface area contributed by atoms with E-state index in [9.17, 15) is 9.59 Å². The summed E-state index contributed by atoms with van der Waals surface area (Å²) in [5, 5.41) is 2.96. The molecule has 3 aliphatic rings. The highest BCUT2D eigenvalue weighted by Gasteiger charge is 2.43. The Kier molecular flexibility index (Phi) is 5.36. The fourth-order valence-corrected chi connectivity index (χ4v) is 4.32. The van der Waals surface area contributed by atoms with E-state index in [4.69, 9.17) is 9.47 Å². The quantitative estimate of drug-likeness (QED) is 0.785. The minimum absolute atomic E-state index is 0.0159. The summed E-state index contributed by atoms with van der Waals surface area (Å²) in [6, 6.07) is 4.70. The minimum Gasteiger partial charge on any atom is -0.497 e. The van der Waals surface area contributed by atoms with Crippen LogP contribution in [0.15, 0.2) is 29.5 Å². The van der Waals surface area contributed by atoms with Gasteiger partial charge < -0.3 is 24.6 Å². The van der Waals surface area contributed by atoms with E-state index < -0.39 is 6.04 Å². The van der Waals surface area contributed by atoms with Crippen LogP contribution in [0.2, 0.25) is 0 Å². The van der Waals surface area contributed by atoms with Crippen molar-refractivity contribution >= 4 is 11.9 Å². The molecule has 8 heteroatoms. The molecule has 0 spiro atoms. The minimum atomic E-state index is -0.526. The fourth-order valence-electron chi connectivity index (χ4n) is 4.32. The first kappa shape index (κ1) is 19.6. The van der Waals surface area contributed by atoms with Crippen LogP contribution in [-0.2, 0) is 4.79 Å². The summed E-state index contributed by atoms with van der Waals surface area (Å²) in [4.78, 5) is 31.7. The Morgan fingerprint density at radius 3 is 2.31 bits per heavy atom. The van der Waals surface area contributed by atoms with Crippen LogP contribution < -0.4 is 14.8 Å². The van der Waals surface area contributed by atoms with Crippen LogP contribution >= 0.6 is 0 Å². The van der Waals surface area contributed by atoms with E-state index in [2.05, 4.69) is 10.2 Å². The zero-order valence-corrected chi connectivity index (χ0v) is 17.2. The average molecular weight is 400 g/mol. The topological polar surface area (TPSA) is 74.3 Å². The smallest absolute Gasteiger partial charge is 0.322 e. The molecule has 0 bridgehead atoms. The van der Waals surface area contributed by atoms with Crippen LogP contribution in [-0.4, -0.2) is 80.6 Å². The Balaban J connectivity index is 1.62. The zero-order valence-electron chi connectivity index (χ0n) is 17.2. The zero-order chi connectivity index (χ0) is 20.5. The summed E-state index contributed by atoms with van der Waals surface area (Å²) in [7, 11) is 4.87. The molecule has 1 N–H and O–H groups in total. The lowest BCUT2D eigenvalue weighted by Gasteiger charge is -2.31. The second-order valence-corrected chi connectivity index (χ2v) is 7.72. The van der Waals surface area contributed by atoms with Gasteiger partial charge in [-0.15, -0.1) is 0 Å². The highest BCUT2D eigenvalue weighted by molar-refractivity contribution is 6.01. The van der Waals surface area contributed by atoms with Crippen LogP contribution in [0.3, 0.4) is 0 Å². The van der Waals surface area contributed by atoms with E-state index in [-0.39, 0.29) is 11.9 Å². The van der Waals surface area contributed by atoms with Gasteiger partial charge in [0.15, 0.2) is 0 Å². The van der Waals surface area contributed by atoms with Crippen LogP contribution in [0.1, 0.15) is 24.4 Å². The second kappa shape index (κ2) is 7.94. The van der Waals surface area contributed by atoms with Crippen molar-refractivity contribution in [1.29, 1.82) is 0 Å². The summed E-state index contributed by atoms with van der Waals surface area (Å²) in [5.74, 6) is 1.22. The number of methoxy groups -OCH3 is 2. The fraction of sp³-hybridized carbons (Fsp3) is 0.524. The monoisotopic (exact) mass is 400 g/mol. The molecule has 4 rings (SSSR count). The molecule has 1 fully saturated rings. The van der Waals surface area contributed by atoms with Gasteiger partial charge in [-0.1, -0.05) is 0 Å². The van der Waals surface area contributed by atoms with Gasteiger partial charge in [-0.3, -0.25) is 9.69 Å². The molecule has 0 aromatic heterocycles. The maximum atomic E-state index is 13.3. The van der Waals surface area contributed by atoms with Crippen molar-refractivity contribution in [3.63, 3.8) is 0 Å². The molecule has 3 amide bonds. The van der Waals surface area contributed by atoms with Crippen molar-refractivity contribution in [3.05, 3.63) is 35.0 Å². The number of carbonyl (C=O) groups is 2. The number of carbonyl (C=O) groups excluding carboxylic acids is 2. The second-order valence-electron chi connectivity index (χ2n) is 7.72. The van der Waals surface area contributed by atoms with Crippen LogP contribution in [0.5, 0.6) is 11.5 Å². The number of nitrogens with one attached hydrogen (secondary N) is 1. The Hall–Kier alpha value is -2.74. The molecule has 1 unspecified atom stereocenters. The Bertz CT molecular complexity index is 825. The molecule has 0 saturated carbocycles. The van der Waals surface area contributed by atoms with Crippen molar-refractivity contribution in [2.45, 2.75) is 18.9 Å². The first-order valence-electron chi connectivity index (χ1n) is 10.0. The Morgan fingerprint density at radius 2 is 1.69 bits per heavy atom. The summed E-state index contributed by atoms with van der Waals surface area (Å²) in [5.41, 5.74) is 2.17. The van der Waals surface area contributed by atoms with E-state index >= 15 is 0 Å². The lowest BCUT2D eigenvalue weighted by Crippen LogP contribution is -2.45. The summed E-state index contributed by atoms with van der Waals surface area (Å²) in [6.07, 6.45) is 2.45. The number of hydrogen-bond donors (Lipinski definition) is 1. The molecule has 29 heavy (non-hydrogen) atoms. The Labute approximate surface area is 171 Å². The number of nitrogens with zero attached hydrogens (tertiary/aromatic N) is 3. The molecule has 1 aromatic carbocycles. The molecule has 0 radical (unpaired) electrons. The van der Waals surface area contributed by atoms with Gasteiger partial charge in [-0.2, -0.15) is 0 Å². The maximum absolute atomic E-state index is 13.3. The van der Waals surface area contributed by atoms with Gasteiger partial charge in [0.1, 0.15) is 11.5 Å². The van der Waals surface area contributed by atoms with Crippen molar-refractivity contribution < 1.29 is 19.1 Å². The number of likely N-dealkylation sites (tertiary alicyclic amines) is 1. The number of amides is 3. The largest absolute Gasteiger partial charge is 0.497 e. The third-order valence-electron chi connectivity index (χ3n) is 6.03. The molecule has 1 saturated heterocycles. The molecule has 1 atom stereocenters. The normalized spacial score (nSPS) is 22.2. The summed E-state index contributed by atoms with van der Waals surface area (Å²) < 4.78 is 10.7. The van der Waals surface area contributed by atoms with E-state index in [1.807, 2.05) is 17.0 Å². The third kappa shape index (κ3) is 3.64. The van der Waals surface area contributed by atoms with Crippen LogP contribution in [0.25, 0.3) is 0 Å². The average Bonchev–Trinajstić information content (AvgIpc) is 3.37. The number of hydrogen-bond acceptors (Lipinski definition) is 5. The predicted octanol–water partition coefficient (Wildman–Crippen LogP) is 1.59. The Morgan fingerprint density at radius 1 is 1.03 bits per heavy atom. The van der Waals surface area contributed by atoms with Gasteiger partial charge in [-0.05, 0) is 43.6 Å². The summed E-state index contributed by atoms with van der Waals surface area (Å²) >= 11 is 0. The molecule has 1 aromatic rings. The van der Waals surface area contributed by atoms with Gasteiger partial charge in [0.05, 0.1) is 38.1 Å². The standard InChI is InChI=1S/C21H28N4O4/c1-23-17-13-25(9-8-24-6-4-5-7-24)20(26)18(17)19(22-21(23)27)14-10-15(28-2)12-16(11-14)29-3/h10-12,19H,4-9,13H2,1-3H3,(H,22,27). The lowest BCUT2D eigenvalue weighted by atomic mass is 9.95.